The minimum absolute atomic E-state index is 0.179. The molecule has 4 nitrogen and oxygen atoms in total. The Morgan fingerprint density at radius 3 is 3.20 bits per heavy atom. The Bertz CT molecular complexity index is 196. The number of hydrogen-bond donors (Lipinski definition) is 0. The first-order valence-electron chi connectivity index (χ1n) is 3.09. The van der Waals surface area contributed by atoms with Crippen molar-refractivity contribution in [2.24, 2.45) is 9.98 Å². The lowest BCUT2D eigenvalue weighted by molar-refractivity contribution is -0.116. The summed E-state index contributed by atoms with van der Waals surface area (Å²) in [6.45, 7) is 2.31. The molecule has 0 aromatic rings. The number of nitrogens with zero attached hydrogens (tertiary/aromatic N) is 2. The van der Waals surface area contributed by atoms with Crippen molar-refractivity contribution in [3.8, 4) is 0 Å². The van der Waals surface area contributed by atoms with Crippen molar-refractivity contribution < 1.29 is 9.53 Å². The summed E-state index contributed by atoms with van der Waals surface area (Å²) in [5.74, 6) is -0.196. The third-order valence-electron chi connectivity index (χ3n) is 0.961. The van der Waals surface area contributed by atoms with Crippen LogP contribution >= 0.6 is 0 Å². The number of carbonyl (C=O) groups is 1. The highest BCUT2D eigenvalue weighted by atomic mass is 16.5. The molecule has 1 amide bonds. The zero-order valence-corrected chi connectivity index (χ0v) is 5.70. The highest BCUT2D eigenvalue weighted by Gasteiger charge is 2.06. The van der Waals surface area contributed by atoms with Crippen molar-refractivity contribution >= 4 is 18.1 Å². The van der Waals surface area contributed by atoms with Crippen LogP contribution < -0.4 is 0 Å². The average molecular weight is 140 g/mol. The number of amides is 1. The van der Waals surface area contributed by atoms with E-state index in [-0.39, 0.29) is 18.3 Å². The molecule has 1 heterocycles. The maximum atomic E-state index is 10.6. The lowest BCUT2D eigenvalue weighted by Gasteiger charge is -2.02. The molecular formula is C6H8N2O2. The van der Waals surface area contributed by atoms with Gasteiger partial charge in [0.05, 0.1) is 13.0 Å². The van der Waals surface area contributed by atoms with E-state index >= 15 is 0 Å². The molecule has 4 heteroatoms. The maximum Gasteiger partial charge on any atom is 0.319 e. The normalized spacial score (nSPS) is 16.9. The van der Waals surface area contributed by atoms with E-state index < -0.39 is 0 Å². The van der Waals surface area contributed by atoms with Crippen LogP contribution in [0, 0.1) is 0 Å². The van der Waals surface area contributed by atoms with Crippen LogP contribution in [0.4, 0.5) is 0 Å². The Morgan fingerprint density at radius 2 is 2.60 bits per heavy atom. The van der Waals surface area contributed by atoms with Crippen LogP contribution in [0.25, 0.3) is 0 Å². The van der Waals surface area contributed by atoms with Crippen LogP contribution in [0.15, 0.2) is 9.98 Å². The second-order valence-corrected chi connectivity index (χ2v) is 1.74. The minimum atomic E-state index is -0.196. The van der Waals surface area contributed by atoms with E-state index in [2.05, 4.69) is 9.98 Å². The fourth-order valence-corrected chi connectivity index (χ4v) is 0.582. The fourth-order valence-electron chi connectivity index (χ4n) is 0.582. The summed E-state index contributed by atoms with van der Waals surface area (Å²) >= 11 is 0. The molecule has 0 aliphatic carbocycles. The number of amidine groups is 1. The highest BCUT2D eigenvalue weighted by molar-refractivity contribution is 6.04. The summed E-state index contributed by atoms with van der Waals surface area (Å²) in [5, 5.41) is 0. The standard InChI is InChI=1S/C6H8N2O2/c1-2-10-6-7-4-3-5(9)8-6/h4H,2-3H2,1H3. The predicted octanol–water partition coefficient (Wildman–Crippen LogP) is 0.380. The van der Waals surface area contributed by atoms with Gasteiger partial charge in [-0.05, 0) is 6.92 Å². The first-order valence-corrected chi connectivity index (χ1v) is 3.09. The molecule has 0 aromatic carbocycles. The summed E-state index contributed by atoms with van der Waals surface area (Å²) in [6.07, 6.45) is 1.79. The van der Waals surface area contributed by atoms with Gasteiger partial charge in [0.15, 0.2) is 0 Å². The Balaban J connectivity index is 2.57. The Morgan fingerprint density at radius 1 is 1.80 bits per heavy atom. The molecule has 10 heavy (non-hydrogen) atoms. The SMILES string of the molecule is CCOC1=NC(=O)CC=N1. The van der Waals surface area contributed by atoms with Crippen molar-refractivity contribution in [3.63, 3.8) is 0 Å². The van der Waals surface area contributed by atoms with Crippen molar-refractivity contribution in [1.29, 1.82) is 0 Å². The summed E-state index contributed by atoms with van der Waals surface area (Å²) in [6, 6.07) is 0.179. The lowest BCUT2D eigenvalue weighted by atomic mass is 10.4. The van der Waals surface area contributed by atoms with Crippen molar-refractivity contribution in [1.82, 2.24) is 0 Å². The molecule has 0 saturated heterocycles. The first-order chi connectivity index (χ1) is 4.83. The van der Waals surface area contributed by atoms with Gasteiger partial charge in [-0.1, -0.05) is 0 Å². The highest BCUT2D eigenvalue weighted by Crippen LogP contribution is 1.94. The van der Waals surface area contributed by atoms with E-state index in [9.17, 15) is 4.79 Å². The van der Waals surface area contributed by atoms with Crippen LogP contribution in [-0.4, -0.2) is 24.8 Å². The molecule has 0 spiro atoms. The number of rotatable bonds is 1. The van der Waals surface area contributed by atoms with Gasteiger partial charge >= 0.3 is 6.02 Å². The third kappa shape index (κ3) is 1.65. The van der Waals surface area contributed by atoms with Crippen molar-refractivity contribution in [2.75, 3.05) is 6.61 Å². The Labute approximate surface area is 58.6 Å². The second kappa shape index (κ2) is 3.10. The zero-order chi connectivity index (χ0) is 7.40. The molecule has 0 saturated carbocycles. The quantitative estimate of drug-likeness (QED) is 0.528. The maximum absolute atomic E-state index is 10.6. The number of carbonyl (C=O) groups excluding carboxylic acids is 1. The van der Waals surface area contributed by atoms with Gasteiger partial charge in [-0.25, -0.2) is 4.99 Å². The molecule has 54 valence electrons. The van der Waals surface area contributed by atoms with E-state index in [1.807, 2.05) is 6.92 Å². The molecule has 0 fully saturated rings. The molecule has 0 atom stereocenters. The van der Waals surface area contributed by atoms with Gasteiger partial charge in [-0.15, -0.1) is 0 Å². The molecule has 1 rings (SSSR count). The topological polar surface area (TPSA) is 51.0 Å². The largest absolute Gasteiger partial charge is 0.464 e. The molecular weight excluding hydrogens is 132 g/mol. The Kier molecular flexibility index (Phi) is 2.15. The lowest BCUT2D eigenvalue weighted by Crippen LogP contribution is -2.10. The van der Waals surface area contributed by atoms with Gasteiger partial charge in [-0.2, -0.15) is 4.99 Å². The predicted molar refractivity (Wildman–Crippen MR) is 37.2 cm³/mol. The van der Waals surface area contributed by atoms with E-state index in [1.165, 1.54) is 6.21 Å². The van der Waals surface area contributed by atoms with E-state index in [1.54, 1.807) is 0 Å². The molecule has 1 aliphatic heterocycles. The van der Waals surface area contributed by atoms with Crippen LogP contribution in [0.1, 0.15) is 13.3 Å². The summed E-state index contributed by atoms with van der Waals surface area (Å²) < 4.78 is 4.88. The van der Waals surface area contributed by atoms with Crippen LogP contribution in [-0.2, 0) is 9.53 Å². The molecule has 0 unspecified atom stereocenters. The van der Waals surface area contributed by atoms with Gasteiger partial charge in [0.25, 0.3) is 5.91 Å². The summed E-state index contributed by atoms with van der Waals surface area (Å²) in [4.78, 5) is 17.9. The fraction of sp³-hybridized carbons (Fsp3) is 0.500. The first kappa shape index (κ1) is 6.92. The summed E-state index contributed by atoms with van der Waals surface area (Å²) in [5.41, 5.74) is 0. The number of aliphatic imine (C=N–C) groups is 2. The molecule has 0 radical (unpaired) electrons. The van der Waals surface area contributed by atoms with Crippen LogP contribution in [0.2, 0.25) is 0 Å². The molecule has 0 N–H and O–H groups in total. The molecule has 1 aliphatic rings. The third-order valence-corrected chi connectivity index (χ3v) is 0.961. The van der Waals surface area contributed by atoms with E-state index in [4.69, 9.17) is 4.74 Å². The molecule has 0 bridgehead atoms. The van der Waals surface area contributed by atoms with Gasteiger partial charge < -0.3 is 4.74 Å². The monoisotopic (exact) mass is 140 g/mol. The second-order valence-electron chi connectivity index (χ2n) is 1.74. The average Bonchev–Trinajstić information content (AvgIpc) is 1.88. The zero-order valence-electron chi connectivity index (χ0n) is 5.70. The van der Waals surface area contributed by atoms with Crippen molar-refractivity contribution in [2.45, 2.75) is 13.3 Å². The number of hydrogen-bond acceptors (Lipinski definition) is 3. The van der Waals surface area contributed by atoms with Gasteiger partial charge in [0, 0.05) is 6.21 Å². The van der Waals surface area contributed by atoms with E-state index in [0.717, 1.165) is 0 Å². The van der Waals surface area contributed by atoms with Gasteiger partial charge in [0.1, 0.15) is 0 Å². The van der Waals surface area contributed by atoms with Crippen LogP contribution in [0.5, 0.6) is 0 Å². The smallest absolute Gasteiger partial charge is 0.319 e. The summed E-state index contributed by atoms with van der Waals surface area (Å²) in [7, 11) is 0. The van der Waals surface area contributed by atoms with E-state index in [0.29, 0.717) is 6.61 Å². The minimum Gasteiger partial charge on any atom is -0.464 e. The van der Waals surface area contributed by atoms with Crippen molar-refractivity contribution in [3.05, 3.63) is 0 Å². The van der Waals surface area contributed by atoms with Gasteiger partial charge in [-0.3, -0.25) is 4.79 Å². The van der Waals surface area contributed by atoms with Gasteiger partial charge in [0.2, 0.25) is 0 Å². The van der Waals surface area contributed by atoms with Crippen LogP contribution in [0.3, 0.4) is 0 Å². The Hall–Kier alpha value is -1.19. The number of ether oxygens (including phenoxy) is 1. The molecule has 0 aromatic heterocycles.